The quantitative estimate of drug-likeness (QED) is 0.769. The van der Waals surface area contributed by atoms with E-state index in [0.717, 1.165) is 16.1 Å². The molecule has 9 heteroatoms. The highest BCUT2D eigenvalue weighted by atomic mass is 32.2. The smallest absolute Gasteiger partial charge is 0.240 e. The van der Waals surface area contributed by atoms with Gasteiger partial charge in [-0.15, -0.1) is 0 Å². The summed E-state index contributed by atoms with van der Waals surface area (Å²) in [4.78, 5) is 0.118. The Morgan fingerprint density at radius 2 is 1.58 bits per heavy atom. The summed E-state index contributed by atoms with van der Waals surface area (Å²) in [6.45, 7) is 1.69. The maximum Gasteiger partial charge on any atom is 0.240 e. The Morgan fingerprint density at radius 3 is 2.08 bits per heavy atom. The van der Waals surface area contributed by atoms with Gasteiger partial charge in [0.2, 0.25) is 20.0 Å². The van der Waals surface area contributed by atoms with Crippen molar-refractivity contribution in [2.45, 2.75) is 11.8 Å². The molecule has 26 heavy (non-hydrogen) atoms. The summed E-state index contributed by atoms with van der Waals surface area (Å²) in [5.74, 6) is 0. The van der Waals surface area contributed by atoms with Gasteiger partial charge in [-0.05, 0) is 43.3 Å². The van der Waals surface area contributed by atoms with Gasteiger partial charge in [-0.25, -0.2) is 21.6 Å². The van der Waals surface area contributed by atoms with Crippen LogP contribution in [0, 0.1) is 18.3 Å². The van der Waals surface area contributed by atoms with Gasteiger partial charge in [-0.1, -0.05) is 17.7 Å². The third-order valence-corrected chi connectivity index (χ3v) is 6.29. The fourth-order valence-electron chi connectivity index (χ4n) is 2.27. The lowest BCUT2D eigenvalue weighted by molar-refractivity contribution is 0.578. The van der Waals surface area contributed by atoms with Crippen molar-refractivity contribution in [2.24, 2.45) is 0 Å². The monoisotopic (exact) mass is 393 g/mol. The summed E-state index contributed by atoms with van der Waals surface area (Å²) in [6.07, 6.45) is 1.04. The zero-order valence-corrected chi connectivity index (χ0v) is 16.0. The van der Waals surface area contributed by atoms with E-state index < -0.39 is 20.0 Å². The van der Waals surface area contributed by atoms with Gasteiger partial charge in [-0.3, -0.25) is 4.31 Å². The molecule has 2 aromatic rings. The number of hydrogen-bond acceptors (Lipinski definition) is 5. The molecule has 0 aliphatic rings. The van der Waals surface area contributed by atoms with Crippen molar-refractivity contribution in [3.8, 4) is 6.07 Å². The minimum Gasteiger partial charge on any atom is -0.269 e. The Labute approximate surface area is 154 Å². The molecule has 0 aromatic heterocycles. The van der Waals surface area contributed by atoms with Crippen molar-refractivity contribution < 1.29 is 16.8 Å². The van der Waals surface area contributed by atoms with Gasteiger partial charge >= 0.3 is 0 Å². The van der Waals surface area contributed by atoms with Crippen LogP contribution in [-0.2, 0) is 20.0 Å². The van der Waals surface area contributed by atoms with Crippen molar-refractivity contribution in [1.82, 2.24) is 4.72 Å². The number of rotatable bonds is 7. The fourth-order valence-corrected chi connectivity index (χ4v) is 4.22. The zero-order valence-electron chi connectivity index (χ0n) is 14.4. The van der Waals surface area contributed by atoms with Crippen LogP contribution >= 0.6 is 0 Å². The molecule has 0 heterocycles. The van der Waals surface area contributed by atoms with E-state index in [1.54, 1.807) is 12.1 Å². The van der Waals surface area contributed by atoms with E-state index in [9.17, 15) is 16.8 Å². The Balaban J connectivity index is 2.12. The molecule has 0 aliphatic heterocycles. The number of nitrogens with zero attached hydrogens (tertiary/aromatic N) is 2. The minimum absolute atomic E-state index is 0.0736. The molecule has 2 aromatic carbocycles. The second-order valence-electron chi connectivity index (χ2n) is 5.70. The number of benzene rings is 2. The van der Waals surface area contributed by atoms with Gasteiger partial charge in [0.1, 0.15) is 0 Å². The normalized spacial score (nSPS) is 11.7. The standard InChI is InChI=1S/C17H19N3O4S2/c1-14-3-9-17(10-4-14)26(23,24)19-11-12-20(25(2,21)22)16-7-5-15(13-18)6-8-16/h3-10,19H,11-12H2,1-2H3. The number of nitriles is 1. The van der Waals surface area contributed by atoms with E-state index in [1.165, 1.54) is 36.4 Å². The van der Waals surface area contributed by atoms with Gasteiger partial charge < -0.3 is 0 Å². The molecule has 1 N–H and O–H groups in total. The van der Waals surface area contributed by atoms with Crippen LogP contribution in [0.3, 0.4) is 0 Å². The first-order chi connectivity index (χ1) is 12.1. The summed E-state index contributed by atoms with van der Waals surface area (Å²) in [5.41, 5.74) is 1.70. The summed E-state index contributed by atoms with van der Waals surface area (Å²) >= 11 is 0. The van der Waals surface area contributed by atoms with Crippen molar-refractivity contribution in [3.05, 3.63) is 59.7 Å². The van der Waals surface area contributed by atoms with Gasteiger partial charge in [0, 0.05) is 13.1 Å². The third-order valence-electron chi connectivity index (χ3n) is 3.62. The number of aryl methyl sites for hydroxylation is 1. The second kappa shape index (κ2) is 7.86. The SMILES string of the molecule is Cc1ccc(S(=O)(=O)NCCN(c2ccc(C#N)cc2)S(C)(=O)=O)cc1. The minimum atomic E-state index is -3.73. The first-order valence-electron chi connectivity index (χ1n) is 7.68. The van der Waals surface area contributed by atoms with Gasteiger partial charge in [0.25, 0.3) is 0 Å². The highest BCUT2D eigenvalue weighted by Gasteiger charge is 2.19. The molecular weight excluding hydrogens is 374 g/mol. The van der Waals surface area contributed by atoms with Gasteiger partial charge in [0.15, 0.2) is 0 Å². The molecular formula is C17H19N3O4S2. The fraction of sp³-hybridized carbons (Fsp3) is 0.235. The molecule has 7 nitrogen and oxygen atoms in total. The maximum absolute atomic E-state index is 12.3. The predicted octanol–water partition coefficient (Wildman–Crippen LogP) is 1.61. The van der Waals surface area contributed by atoms with Crippen LogP contribution in [0.2, 0.25) is 0 Å². The summed E-state index contributed by atoms with van der Waals surface area (Å²) in [7, 11) is -7.34. The van der Waals surface area contributed by atoms with Crippen LogP contribution in [0.4, 0.5) is 5.69 Å². The molecule has 0 bridgehead atoms. The van der Waals surface area contributed by atoms with E-state index in [-0.39, 0.29) is 18.0 Å². The molecule has 0 atom stereocenters. The van der Waals surface area contributed by atoms with Crippen LogP contribution in [0.1, 0.15) is 11.1 Å². The highest BCUT2D eigenvalue weighted by molar-refractivity contribution is 7.92. The number of sulfonamides is 2. The van der Waals surface area contributed by atoms with E-state index in [2.05, 4.69) is 4.72 Å². The summed E-state index contributed by atoms with van der Waals surface area (Å²) in [5, 5.41) is 8.82. The number of nitrogens with one attached hydrogen (secondary N) is 1. The molecule has 0 aliphatic carbocycles. The third kappa shape index (κ3) is 5.05. The Hall–Kier alpha value is -2.41. The van der Waals surface area contributed by atoms with Crippen molar-refractivity contribution in [3.63, 3.8) is 0 Å². The van der Waals surface area contributed by atoms with Crippen LogP contribution in [0.25, 0.3) is 0 Å². The van der Waals surface area contributed by atoms with Crippen LogP contribution in [0.15, 0.2) is 53.4 Å². The average molecular weight is 393 g/mol. The largest absolute Gasteiger partial charge is 0.269 e. The molecule has 0 spiro atoms. The summed E-state index contributed by atoms with van der Waals surface area (Å²) in [6, 6.07) is 14.3. The molecule has 0 saturated heterocycles. The lowest BCUT2D eigenvalue weighted by atomic mass is 10.2. The van der Waals surface area contributed by atoms with Crippen LogP contribution in [-0.4, -0.2) is 36.2 Å². The van der Waals surface area contributed by atoms with E-state index >= 15 is 0 Å². The van der Waals surface area contributed by atoms with E-state index in [1.807, 2.05) is 13.0 Å². The maximum atomic E-state index is 12.3. The molecule has 0 radical (unpaired) electrons. The molecule has 138 valence electrons. The topological polar surface area (TPSA) is 107 Å². The molecule has 2 rings (SSSR count). The molecule has 0 unspecified atom stereocenters. The van der Waals surface area contributed by atoms with Crippen LogP contribution < -0.4 is 9.03 Å². The Morgan fingerprint density at radius 1 is 1.00 bits per heavy atom. The van der Waals surface area contributed by atoms with Crippen LogP contribution in [0.5, 0.6) is 0 Å². The summed E-state index contributed by atoms with van der Waals surface area (Å²) < 4.78 is 52.1. The molecule has 0 fully saturated rings. The van der Waals surface area contributed by atoms with Gasteiger partial charge in [0.05, 0.1) is 28.5 Å². The molecule has 0 saturated carbocycles. The van der Waals surface area contributed by atoms with Crippen molar-refractivity contribution in [1.29, 1.82) is 5.26 Å². The molecule has 0 amide bonds. The Kier molecular flexibility index (Phi) is 6.02. The lowest BCUT2D eigenvalue weighted by Crippen LogP contribution is -2.38. The average Bonchev–Trinajstić information content (AvgIpc) is 2.58. The second-order valence-corrected chi connectivity index (χ2v) is 9.38. The van der Waals surface area contributed by atoms with Crippen molar-refractivity contribution in [2.75, 3.05) is 23.7 Å². The van der Waals surface area contributed by atoms with Crippen molar-refractivity contribution >= 4 is 25.7 Å². The predicted molar refractivity (Wildman–Crippen MR) is 99.7 cm³/mol. The highest BCUT2D eigenvalue weighted by Crippen LogP contribution is 2.18. The number of anilines is 1. The van der Waals surface area contributed by atoms with E-state index in [0.29, 0.717) is 11.3 Å². The Bertz CT molecular complexity index is 1010. The zero-order chi connectivity index (χ0) is 19.4. The first kappa shape index (κ1) is 19.9. The number of hydrogen-bond donors (Lipinski definition) is 1. The first-order valence-corrected chi connectivity index (χ1v) is 11.0. The van der Waals surface area contributed by atoms with E-state index in [4.69, 9.17) is 5.26 Å². The lowest BCUT2D eigenvalue weighted by Gasteiger charge is -2.22. The van der Waals surface area contributed by atoms with Gasteiger partial charge in [-0.2, -0.15) is 5.26 Å².